The van der Waals surface area contributed by atoms with Gasteiger partial charge < -0.3 is 19.5 Å². The number of hydrogen-bond donors (Lipinski definition) is 1. The van der Waals surface area contributed by atoms with Gasteiger partial charge in [-0.15, -0.1) is 11.3 Å². The minimum atomic E-state index is -0.465. The highest BCUT2D eigenvalue weighted by molar-refractivity contribution is 7.09. The number of anilines is 1. The molecule has 1 aliphatic heterocycles. The van der Waals surface area contributed by atoms with E-state index >= 15 is 0 Å². The average Bonchev–Trinajstić information content (AvgIpc) is 3.33. The fraction of sp³-hybridized carbons (Fsp3) is 0.250. The Morgan fingerprint density at radius 3 is 2.91 bits per heavy atom. The Hall–Kier alpha value is -3.83. The number of rotatable bonds is 10. The van der Waals surface area contributed by atoms with Crippen LogP contribution < -0.4 is 19.7 Å². The van der Waals surface area contributed by atoms with E-state index in [4.69, 9.17) is 14.2 Å². The molecule has 0 aliphatic carbocycles. The molecule has 0 unspecified atom stereocenters. The van der Waals surface area contributed by atoms with Crippen molar-refractivity contribution in [1.29, 1.82) is 0 Å². The van der Waals surface area contributed by atoms with Crippen LogP contribution in [0.5, 0.6) is 11.5 Å². The van der Waals surface area contributed by atoms with Gasteiger partial charge >= 0.3 is 0 Å². The third-order valence-corrected chi connectivity index (χ3v) is 5.89. The van der Waals surface area contributed by atoms with Crippen molar-refractivity contribution in [2.24, 2.45) is 0 Å². The third-order valence-electron chi connectivity index (χ3n) is 5.06. The molecular weight excluding hydrogens is 477 g/mol. The molecule has 1 N–H and O–H groups in total. The molecule has 2 amide bonds. The summed E-state index contributed by atoms with van der Waals surface area (Å²) in [5, 5.41) is 4.87. The number of benzene rings is 2. The number of amides is 2. The van der Waals surface area contributed by atoms with Crippen LogP contribution in [0.4, 0.5) is 10.1 Å². The summed E-state index contributed by atoms with van der Waals surface area (Å²) in [6.07, 6.45) is 0. The minimum absolute atomic E-state index is 0.114. The number of carbonyl (C=O) groups excluding carboxylic acids is 3. The summed E-state index contributed by atoms with van der Waals surface area (Å²) in [5.74, 6) is -0.764. The van der Waals surface area contributed by atoms with Crippen molar-refractivity contribution in [2.75, 3.05) is 38.4 Å². The molecule has 0 saturated carbocycles. The van der Waals surface area contributed by atoms with Gasteiger partial charge in [0.15, 0.2) is 19.0 Å². The molecule has 0 spiro atoms. The van der Waals surface area contributed by atoms with Crippen molar-refractivity contribution < 1.29 is 33.0 Å². The van der Waals surface area contributed by atoms with Crippen LogP contribution in [0.1, 0.15) is 25.9 Å². The maximum Gasteiger partial charge on any atom is 0.270 e. The van der Waals surface area contributed by atoms with E-state index in [0.29, 0.717) is 35.2 Å². The Kier molecular flexibility index (Phi) is 7.68. The highest BCUT2D eigenvalue weighted by Gasteiger charge is 2.28. The van der Waals surface area contributed by atoms with Crippen LogP contribution in [0.2, 0.25) is 0 Å². The van der Waals surface area contributed by atoms with E-state index in [9.17, 15) is 18.8 Å². The first kappa shape index (κ1) is 24.3. The highest BCUT2D eigenvalue weighted by atomic mass is 32.1. The molecule has 0 bridgehead atoms. The molecule has 2 heterocycles. The summed E-state index contributed by atoms with van der Waals surface area (Å²) in [6, 6.07) is 10.3. The van der Waals surface area contributed by atoms with Crippen LogP contribution in [0.15, 0.2) is 47.8 Å². The van der Waals surface area contributed by atoms with Gasteiger partial charge in [0.05, 0.1) is 18.8 Å². The van der Waals surface area contributed by atoms with E-state index in [2.05, 4.69) is 10.3 Å². The zero-order valence-corrected chi connectivity index (χ0v) is 19.6. The smallest absolute Gasteiger partial charge is 0.270 e. The first-order valence-electron chi connectivity index (χ1n) is 10.6. The number of thiazole rings is 1. The van der Waals surface area contributed by atoms with E-state index in [-0.39, 0.29) is 48.8 Å². The number of ketones is 1. The van der Waals surface area contributed by atoms with Gasteiger partial charge in [0, 0.05) is 30.7 Å². The van der Waals surface area contributed by atoms with E-state index < -0.39 is 5.82 Å². The van der Waals surface area contributed by atoms with Gasteiger partial charge in [-0.2, -0.15) is 0 Å². The molecular formula is C24H22FN3O6S. The highest BCUT2D eigenvalue weighted by Crippen LogP contribution is 2.34. The number of carbonyl (C=O) groups is 3. The van der Waals surface area contributed by atoms with Crippen molar-refractivity contribution in [3.63, 3.8) is 0 Å². The van der Waals surface area contributed by atoms with Crippen LogP contribution in [-0.2, 0) is 16.1 Å². The zero-order chi connectivity index (χ0) is 24.8. The number of fused-ring (bicyclic) bond motifs is 1. The van der Waals surface area contributed by atoms with E-state index in [1.807, 2.05) is 0 Å². The molecule has 182 valence electrons. The topological polar surface area (TPSA) is 107 Å². The maximum atomic E-state index is 13.3. The van der Waals surface area contributed by atoms with Gasteiger partial charge in [0.2, 0.25) is 0 Å². The van der Waals surface area contributed by atoms with Crippen LogP contribution in [-0.4, -0.2) is 56.1 Å². The van der Waals surface area contributed by atoms with E-state index in [0.717, 1.165) is 0 Å². The van der Waals surface area contributed by atoms with Gasteiger partial charge in [-0.3, -0.25) is 19.3 Å². The number of aromatic nitrogens is 1. The Morgan fingerprint density at radius 2 is 2.11 bits per heavy atom. The summed E-state index contributed by atoms with van der Waals surface area (Å²) < 4.78 is 29.1. The molecule has 1 aromatic heterocycles. The number of methoxy groups -OCH3 is 1. The van der Waals surface area contributed by atoms with Gasteiger partial charge in [-0.25, -0.2) is 9.37 Å². The summed E-state index contributed by atoms with van der Waals surface area (Å²) in [5.41, 5.74) is 0.973. The second kappa shape index (κ2) is 11.1. The lowest BCUT2D eigenvalue weighted by Gasteiger charge is -2.29. The van der Waals surface area contributed by atoms with Gasteiger partial charge in [0.25, 0.3) is 11.8 Å². The monoisotopic (exact) mass is 499 g/mol. The fourth-order valence-electron chi connectivity index (χ4n) is 3.32. The lowest BCUT2D eigenvalue weighted by Crippen LogP contribution is -2.38. The number of Topliss-reactive ketones (excluding diaryl/α,β-unsaturated/α-hetero) is 1. The van der Waals surface area contributed by atoms with E-state index in [1.165, 1.54) is 34.4 Å². The Labute approximate surface area is 204 Å². The Morgan fingerprint density at radius 1 is 1.26 bits per heavy atom. The molecule has 2 aromatic carbocycles. The van der Waals surface area contributed by atoms with Crippen molar-refractivity contribution in [3.8, 4) is 11.5 Å². The number of hydrogen-bond acceptors (Lipinski definition) is 8. The Balaban J connectivity index is 1.47. The predicted octanol–water partition coefficient (Wildman–Crippen LogP) is 2.85. The second-order valence-corrected chi connectivity index (χ2v) is 8.44. The molecule has 0 fully saturated rings. The SMILES string of the molecule is COCCNC(=O)c1csc(CN2C(=O)COc3ccc(C(=O)COc4cccc(F)c4)cc32)n1. The number of ether oxygens (including phenoxy) is 3. The molecule has 11 heteroatoms. The van der Waals surface area contributed by atoms with Crippen molar-refractivity contribution in [1.82, 2.24) is 10.3 Å². The molecule has 1 aliphatic rings. The fourth-order valence-corrected chi connectivity index (χ4v) is 4.08. The lowest BCUT2D eigenvalue weighted by atomic mass is 10.1. The lowest BCUT2D eigenvalue weighted by molar-refractivity contribution is -0.121. The third kappa shape index (κ3) is 6.00. The number of nitrogens with zero attached hydrogens (tertiary/aromatic N) is 2. The van der Waals surface area contributed by atoms with Gasteiger partial charge in [0.1, 0.15) is 28.0 Å². The van der Waals surface area contributed by atoms with Gasteiger partial charge in [-0.1, -0.05) is 6.07 Å². The summed E-state index contributed by atoms with van der Waals surface area (Å²) in [7, 11) is 1.54. The summed E-state index contributed by atoms with van der Waals surface area (Å²) >= 11 is 1.25. The van der Waals surface area contributed by atoms with Crippen molar-refractivity contribution in [3.05, 3.63) is 69.9 Å². The molecule has 9 nitrogen and oxygen atoms in total. The Bertz CT molecular complexity index is 1250. The quantitative estimate of drug-likeness (QED) is 0.338. The van der Waals surface area contributed by atoms with Crippen LogP contribution in [0.3, 0.4) is 0 Å². The minimum Gasteiger partial charge on any atom is -0.485 e. The van der Waals surface area contributed by atoms with E-state index in [1.54, 1.807) is 36.8 Å². The number of halogens is 1. The molecule has 0 saturated heterocycles. The maximum absolute atomic E-state index is 13.3. The first-order chi connectivity index (χ1) is 16.9. The summed E-state index contributed by atoms with van der Waals surface area (Å²) in [6.45, 7) is 0.403. The zero-order valence-electron chi connectivity index (χ0n) is 18.8. The second-order valence-electron chi connectivity index (χ2n) is 7.50. The number of nitrogens with one attached hydrogen (secondary N) is 1. The normalized spacial score (nSPS) is 12.6. The average molecular weight is 500 g/mol. The van der Waals surface area contributed by atoms with Crippen molar-refractivity contribution >= 4 is 34.6 Å². The van der Waals surface area contributed by atoms with Crippen LogP contribution >= 0.6 is 11.3 Å². The predicted molar refractivity (Wildman–Crippen MR) is 126 cm³/mol. The molecule has 0 atom stereocenters. The molecule has 3 aromatic rings. The molecule has 4 rings (SSSR count). The standard InChI is InChI=1S/C24H22FN3O6S/c1-32-8-7-26-24(31)18-14-35-22(27-18)11-28-19-9-15(5-6-21(19)34-13-23(28)30)20(29)12-33-17-4-2-3-16(25)10-17/h2-6,9-10,14H,7-8,11-13H2,1H3,(H,26,31). The molecule has 0 radical (unpaired) electrons. The summed E-state index contributed by atoms with van der Waals surface area (Å²) in [4.78, 5) is 43.3. The van der Waals surface area contributed by atoms with Crippen LogP contribution in [0, 0.1) is 5.82 Å². The van der Waals surface area contributed by atoms with Gasteiger partial charge in [-0.05, 0) is 30.3 Å². The molecule has 35 heavy (non-hydrogen) atoms. The van der Waals surface area contributed by atoms with Crippen LogP contribution in [0.25, 0.3) is 0 Å². The largest absolute Gasteiger partial charge is 0.485 e. The van der Waals surface area contributed by atoms with Crippen molar-refractivity contribution in [2.45, 2.75) is 6.54 Å². The first-order valence-corrected chi connectivity index (χ1v) is 11.5.